The predicted octanol–water partition coefficient (Wildman–Crippen LogP) is 3.99. The molecule has 21 heavy (non-hydrogen) atoms. The molecule has 2 aromatic rings. The lowest BCUT2D eigenvalue weighted by molar-refractivity contribution is -0.137. The topological polar surface area (TPSA) is 28.5 Å². The van der Waals surface area contributed by atoms with E-state index in [2.05, 4.69) is 9.98 Å². The van der Waals surface area contributed by atoms with Gasteiger partial charge in [-0.1, -0.05) is 12.1 Å². The Labute approximate surface area is 120 Å². The molecule has 0 N–H and O–H groups in total. The molecule has 3 nitrogen and oxygen atoms in total. The van der Waals surface area contributed by atoms with E-state index >= 15 is 0 Å². The van der Waals surface area contributed by atoms with Gasteiger partial charge in [0.2, 0.25) is 0 Å². The molecule has 1 aromatic heterocycles. The van der Waals surface area contributed by atoms with Crippen LogP contribution in [-0.2, 0) is 6.18 Å². The third-order valence-electron chi connectivity index (χ3n) is 2.71. The zero-order valence-electron chi connectivity index (χ0n) is 11.6. The Balaban J connectivity index is 2.19. The van der Waals surface area contributed by atoms with Gasteiger partial charge < -0.3 is 4.90 Å². The zero-order chi connectivity index (χ0) is 15.5. The Morgan fingerprint density at radius 2 is 1.62 bits per heavy atom. The summed E-state index contributed by atoms with van der Waals surface area (Å²) in [4.78, 5) is 10.1. The summed E-state index contributed by atoms with van der Waals surface area (Å²) in [6.45, 7) is 0. The summed E-state index contributed by atoms with van der Waals surface area (Å²) in [6.07, 6.45) is -1.10. The van der Waals surface area contributed by atoms with Crippen LogP contribution in [0.25, 0.3) is 11.1 Å². The van der Waals surface area contributed by atoms with E-state index in [0.29, 0.717) is 11.4 Å². The lowest BCUT2D eigenvalue weighted by Gasteiger charge is -2.07. The predicted molar refractivity (Wildman–Crippen MR) is 76.5 cm³/mol. The minimum Gasteiger partial charge on any atom is -0.369 e. The van der Waals surface area contributed by atoms with Crippen molar-refractivity contribution in [1.82, 2.24) is 9.88 Å². The summed E-state index contributed by atoms with van der Waals surface area (Å²) in [5.74, 6) is 0.541. The molecular weight excluding hydrogens is 279 g/mol. The van der Waals surface area contributed by atoms with E-state index in [1.165, 1.54) is 12.1 Å². The fourth-order valence-electron chi connectivity index (χ4n) is 1.66. The Bertz CT molecular complexity index is 614. The first-order valence-corrected chi connectivity index (χ1v) is 6.20. The number of halogens is 3. The van der Waals surface area contributed by atoms with Gasteiger partial charge >= 0.3 is 6.18 Å². The fraction of sp³-hybridized carbons (Fsp3) is 0.200. The van der Waals surface area contributed by atoms with E-state index in [4.69, 9.17) is 0 Å². The average molecular weight is 293 g/mol. The minimum atomic E-state index is -4.32. The molecule has 0 bridgehead atoms. The number of alkyl halides is 3. The van der Waals surface area contributed by atoms with Crippen molar-refractivity contribution in [3.05, 3.63) is 48.2 Å². The molecule has 0 aliphatic carbocycles. The molecule has 0 atom stereocenters. The highest BCUT2D eigenvalue weighted by Gasteiger charge is 2.29. The molecule has 0 saturated heterocycles. The van der Waals surface area contributed by atoms with Gasteiger partial charge in [-0.25, -0.2) is 9.98 Å². The quantitative estimate of drug-likeness (QED) is 0.632. The molecule has 0 unspecified atom stereocenters. The van der Waals surface area contributed by atoms with Crippen molar-refractivity contribution in [2.75, 3.05) is 14.1 Å². The van der Waals surface area contributed by atoms with Crippen LogP contribution in [0.4, 0.5) is 19.0 Å². The van der Waals surface area contributed by atoms with Gasteiger partial charge in [0.15, 0.2) is 5.82 Å². The molecule has 1 aromatic carbocycles. The van der Waals surface area contributed by atoms with Crippen molar-refractivity contribution in [2.45, 2.75) is 6.18 Å². The van der Waals surface area contributed by atoms with Gasteiger partial charge in [-0.15, -0.1) is 0 Å². The molecule has 0 fully saturated rings. The standard InChI is InChI=1S/C15H14F3N3/c1-21(2)10-20-14-8-5-12(9-19-14)11-3-6-13(7-4-11)15(16,17)18/h3-10H,1-2H3/b20-10+. The van der Waals surface area contributed by atoms with Crippen LogP contribution < -0.4 is 0 Å². The maximum Gasteiger partial charge on any atom is 0.416 e. The van der Waals surface area contributed by atoms with Crippen molar-refractivity contribution >= 4 is 12.2 Å². The highest BCUT2D eigenvalue weighted by molar-refractivity contribution is 5.65. The Kier molecular flexibility index (Phi) is 4.26. The van der Waals surface area contributed by atoms with E-state index < -0.39 is 11.7 Å². The Morgan fingerprint density at radius 3 is 2.10 bits per heavy atom. The van der Waals surface area contributed by atoms with Crippen molar-refractivity contribution in [3.8, 4) is 11.1 Å². The van der Waals surface area contributed by atoms with E-state index in [1.807, 2.05) is 14.1 Å². The van der Waals surface area contributed by atoms with Crippen LogP contribution in [0.3, 0.4) is 0 Å². The summed E-state index contributed by atoms with van der Waals surface area (Å²) in [5.41, 5.74) is 0.762. The molecule has 0 aliphatic heterocycles. The van der Waals surface area contributed by atoms with Gasteiger partial charge in [0.05, 0.1) is 11.9 Å². The maximum absolute atomic E-state index is 12.5. The zero-order valence-corrected chi connectivity index (χ0v) is 11.6. The van der Waals surface area contributed by atoms with Crippen LogP contribution in [0.2, 0.25) is 0 Å². The summed E-state index contributed by atoms with van der Waals surface area (Å²) < 4.78 is 37.5. The molecule has 1 heterocycles. The molecule has 0 aliphatic rings. The second-order valence-electron chi connectivity index (χ2n) is 4.69. The minimum absolute atomic E-state index is 0.541. The number of nitrogens with zero attached hydrogens (tertiary/aromatic N) is 3. The van der Waals surface area contributed by atoms with E-state index in [-0.39, 0.29) is 0 Å². The highest BCUT2D eigenvalue weighted by atomic mass is 19.4. The monoisotopic (exact) mass is 293 g/mol. The van der Waals surface area contributed by atoms with E-state index in [9.17, 15) is 13.2 Å². The van der Waals surface area contributed by atoms with Gasteiger partial charge in [-0.2, -0.15) is 13.2 Å². The number of aliphatic imine (C=N–C) groups is 1. The molecular formula is C15H14F3N3. The first-order valence-electron chi connectivity index (χ1n) is 6.20. The summed E-state index contributed by atoms with van der Waals surface area (Å²) >= 11 is 0. The molecule has 2 rings (SSSR count). The second kappa shape index (κ2) is 5.95. The van der Waals surface area contributed by atoms with Gasteiger partial charge in [-0.3, -0.25) is 0 Å². The average Bonchev–Trinajstić information content (AvgIpc) is 2.45. The van der Waals surface area contributed by atoms with Crippen LogP contribution in [0, 0.1) is 0 Å². The van der Waals surface area contributed by atoms with Crippen molar-refractivity contribution in [1.29, 1.82) is 0 Å². The van der Waals surface area contributed by atoms with Crippen molar-refractivity contribution in [2.24, 2.45) is 4.99 Å². The Hall–Kier alpha value is -2.37. The van der Waals surface area contributed by atoms with Crippen LogP contribution in [0.5, 0.6) is 0 Å². The van der Waals surface area contributed by atoms with Crippen molar-refractivity contribution < 1.29 is 13.2 Å². The first kappa shape index (κ1) is 15.0. The fourth-order valence-corrected chi connectivity index (χ4v) is 1.66. The molecule has 0 saturated carbocycles. The second-order valence-corrected chi connectivity index (χ2v) is 4.69. The summed E-state index contributed by atoms with van der Waals surface area (Å²) in [7, 11) is 3.69. The molecule has 110 valence electrons. The maximum atomic E-state index is 12.5. The third-order valence-corrected chi connectivity index (χ3v) is 2.71. The molecule has 0 spiro atoms. The molecule has 0 amide bonds. The number of benzene rings is 1. The largest absolute Gasteiger partial charge is 0.416 e. The number of hydrogen-bond acceptors (Lipinski definition) is 2. The third kappa shape index (κ3) is 4.05. The number of aromatic nitrogens is 1. The number of hydrogen-bond donors (Lipinski definition) is 0. The molecule has 0 radical (unpaired) electrons. The lowest BCUT2D eigenvalue weighted by atomic mass is 10.1. The summed E-state index contributed by atoms with van der Waals surface area (Å²) in [6, 6.07) is 8.48. The SMILES string of the molecule is CN(C)/C=N/c1ccc(-c2ccc(C(F)(F)F)cc2)cn1. The number of rotatable bonds is 3. The van der Waals surface area contributed by atoms with Crippen LogP contribution in [0.1, 0.15) is 5.56 Å². The molecule has 6 heteroatoms. The number of pyridine rings is 1. The van der Waals surface area contributed by atoms with Crippen LogP contribution in [-0.4, -0.2) is 30.3 Å². The van der Waals surface area contributed by atoms with E-state index in [0.717, 1.165) is 17.7 Å². The van der Waals surface area contributed by atoms with Gasteiger partial charge in [0, 0.05) is 25.9 Å². The first-order chi connectivity index (χ1) is 9.86. The van der Waals surface area contributed by atoms with Crippen LogP contribution in [0.15, 0.2) is 47.6 Å². The normalized spacial score (nSPS) is 11.9. The Morgan fingerprint density at radius 1 is 1.00 bits per heavy atom. The van der Waals surface area contributed by atoms with Crippen LogP contribution >= 0.6 is 0 Å². The smallest absolute Gasteiger partial charge is 0.369 e. The van der Waals surface area contributed by atoms with Gasteiger partial charge in [-0.05, 0) is 29.8 Å². The van der Waals surface area contributed by atoms with Gasteiger partial charge in [0.25, 0.3) is 0 Å². The highest BCUT2D eigenvalue weighted by Crippen LogP contribution is 2.31. The summed E-state index contributed by atoms with van der Waals surface area (Å²) in [5, 5.41) is 0. The van der Waals surface area contributed by atoms with Gasteiger partial charge in [0.1, 0.15) is 0 Å². The lowest BCUT2D eigenvalue weighted by Crippen LogP contribution is -2.07. The van der Waals surface area contributed by atoms with E-state index in [1.54, 1.807) is 29.6 Å². The van der Waals surface area contributed by atoms with Crippen molar-refractivity contribution in [3.63, 3.8) is 0 Å².